The van der Waals surface area contributed by atoms with E-state index in [0.29, 0.717) is 16.1 Å². The van der Waals surface area contributed by atoms with E-state index in [1.807, 2.05) is 0 Å². The van der Waals surface area contributed by atoms with Crippen molar-refractivity contribution in [1.82, 2.24) is 4.98 Å². The fraction of sp³-hybridized carbons (Fsp3) is 0.190. The van der Waals surface area contributed by atoms with Crippen molar-refractivity contribution < 1.29 is 22.8 Å². The number of hydrogen-bond donors (Lipinski definition) is 1. The van der Waals surface area contributed by atoms with Crippen LogP contribution in [0.4, 0.5) is 18.3 Å². The zero-order valence-electron chi connectivity index (χ0n) is 15.4. The Morgan fingerprint density at radius 1 is 1.03 bits per heavy atom. The first-order chi connectivity index (χ1) is 13.8. The Kier molecular flexibility index (Phi) is 6.12. The quantitative estimate of drug-likeness (QED) is 0.535. The molecule has 0 saturated carbocycles. The first-order valence-corrected chi connectivity index (χ1v) is 9.59. The van der Waals surface area contributed by atoms with Crippen molar-refractivity contribution in [2.24, 2.45) is 0 Å². The summed E-state index contributed by atoms with van der Waals surface area (Å²) in [5, 5.41) is 2.92. The average Bonchev–Trinajstić information content (AvgIpc) is 3.06. The van der Waals surface area contributed by atoms with Crippen LogP contribution in [0.25, 0.3) is 0 Å². The molecule has 3 rings (SSSR count). The van der Waals surface area contributed by atoms with E-state index in [2.05, 4.69) is 10.3 Å². The highest BCUT2D eigenvalue weighted by molar-refractivity contribution is 7.17. The van der Waals surface area contributed by atoms with E-state index in [4.69, 9.17) is 0 Å². The van der Waals surface area contributed by atoms with Crippen molar-refractivity contribution >= 4 is 28.2 Å². The number of carbonyl (C=O) groups excluding carboxylic acids is 2. The molecule has 0 atom stereocenters. The first kappa shape index (κ1) is 20.7. The van der Waals surface area contributed by atoms with E-state index in [-0.39, 0.29) is 35.2 Å². The molecule has 1 heterocycles. The number of rotatable bonds is 6. The van der Waals surface area contributed by atoms with E-state index in [0.717, 1.165) is 17.4 Å². The third-order valence-corrected chi connectivity index (χ3v) is 5.36. The second kappa shape index (κ2) is 8.57. The number of carbonyl (C=O) groups is 2. The van der Waals surface area contributed by atoms with Gasteiger partial charge in [-0.25, -0.2) is 4.98 Å². The van der Waals surface area contributed by atoms with E-state index in [1.54, 1.807) is 37.3 Å². The number of nitrogens with one attached hydrogen (secondary N) is 1. The lowest BCUT2D eigenvalue weighted by Crippen LogP contribution is -2.11. The topological polar surface area (TPSA) is 59.1 Å². The van der Waals surface area contributed by atoms with Gasteiger partial charge in [0.25, 0.3) is 5.91 Å². The maximum atomic E-state index is 13.1. The molecule has 0 aliphatic heterocycles. The van der Waals surface area contributed by atoms with Gasteiger partial charge in [0, 0.05) is 12.0 Å². The fourth-order valence-corrected chi connectivity index (χ4v) is 3.77. The van der Waals surface area contributed by atoms with Crippen LogP contribution >= 0.6 is 11.3 Å². The molecule has 3 aromatic rings. The lowest BCUT2D eigenvalue weighted by Gasteiger charge is -2.12. The third-order valence-electron chi connectivity index (χ3n) is 4.25. The van der Waals surface area contributed by atoms with Crippen LogP contribution in [0.2, 0.25) is 0 Å². The van der Waals surface area contributed by atoms with Crippen LogP contribution in [0.1, 0.15) is 43.3 Å². The molecule has 0 bridgehead atoms. The van der Waals surface area contributed by atoms with Crippen LogP contribution in [-0.2, 0) is 12.6 Å². The van der Waals surface area contributed by atoms with Crippen LogP contribution in [0, 0.1) is 6.92 Å². The number of anilines is 1. The minimum atomic E-state index is -4.46. The van der Waals surface area contributed by atoms with Crippen LogP contribution < -0.4 is 5.32 Å². The summed E-state index contributed by atoms with van der Waals surface area (Å²) in [5.41, 5.74) is 0.238. The molecule has 1 aromatic heterocycles. The van der Waals surface area contributed by atoms with Crippen molar-refractivity contribution in [3.63, 3.8) is 0 Å². The van der Waals surface area contributed by atoms with Crippen molar-refractivity contribution in [3.8, 4) is 0 Å². The summed E-state index contributed by atoms with van der Waals surface area (Å²) in [5.74, 6) is -0.658. The highest BCUT2D eigenvalue weighted by atomic mass is 32.1. The number of thiazole rings is 1. The van der Waals surface area contributed by atoms with Gasteiger partial charge >= 0.3 is 6.18 Å². The smallest absolute Gasteiger partial charge is 0.298 e. The van der Waals surface area contributed by atoms with E-state index >= 15 is 0 Å². The third kappa shape index (κ3) is 5.08. The molecule has 150 valence electrons. The predicted octanol–water partition coefficient (Wildman–Crippen LogP) is 5.54. The zero-order chi connectivity index (χ0) is 21.0. The average molecular weight is 418 g/mol. The monoisotopic (exact) mass is 418 g/mol. The molecular weight excluding hydrogens is 401 g/mol. The van der Waals surface area contributed by atoms with Crippen molar-refractivity contribution in [2.75, 3.05) is 5.32 Å². The number of nitrogens with zero attached hydrogens (tertiary/aromatic N) is 1. The Hall–Kier alpha value is -3.00. The van der Waals surface area contributed by atoms with Gasteiger partial charge in [-0.2, -0.15) is 13.2 Å². The second-order valence-electron chi connectivity index (χ2n) is 6.33. The SMILES string of the molecule is Cc1nc(NC(=O)c2ccccc2)sc1C(=O)CCc1ccccc1C(F)(F)F. The summed E-state index contributed by atoms with van der Waals surface area (Å²) in [4.78, 5) is 29.3. The maximum absolute atomic E-state index is 13.1. The summed E-state index contributed by atoms with van der Waals surface area (Å²) in [7, 11) is 0. The number of benzene rings is 2. The van der Waals surface area contributed by atoms with Gasteiger partial charge in [0.1, 0.15) is 0 Å². The van der Waals surface area contributed by atoms with E-state index < -0.39 is 11.7 Å². The zero-order valence-corrected chi connectivity index (χ0v) is 16.2. The summed E-state index contributed by atoms with van der Waals surface area (Å²) in [6.45, 7) is 1.63. The molecule has 0 fully saturated rings. The molecule has 0 aliphatic carbocycles. The van der Waals surface area contributed by atoms with Crippen molar-refractivity contribution in [1.29, 1.82) is 0 Å². The molecule has 8 heteroatoms. The number of ketones is 1. The molecule has 0 radical (unpaired) electrons. The Morgan fingerprint density at radius 3 is 2.38 bits per heavy atom. The molecule has 0 saturated heterocycles. The lowest BCUT2D eigenvalue weighted by molar-refractivity contribution is -0.138. The largest absolute Gasteiger partial charge is 0.416 e. The number of alkyl halides is 3. The molecule has 0 unspecified atom stereocenters. The second-order valence-corrected chi connectivity index (χ2v) is 7.33. The number of aryl methyl sites for hydroxylation is 2. The summed E-state index contributed by atoms with van der Waals surface area (Å²) >= 11 is 1.02. The Morgan fingerprint density at radius 2 is 1.69 bits per heavy atom. The number of aromatic nitrogens is 1. The minimum Gasteiger partial charge on any atom is -0.298 e. The van der Waals surface area contributed by atoms with Crippen LogP contribution in [-0.4, -0.2) is 16.7 Å². The summed E-state index contributed by atoms with van der Waals surface area (Å²) in [6, 6.07) is 13.8. The highest BCUT2D eigenvalue weighted by Gasteiger charge is 2.32. The standard InChI is InChI=1S/C21H17F3N2O2S/c1-13-18(29-20(25-13)26-19(28)15-8-3-2-4-9-15)17(27)12-11-14-7-5-6-10-16(14)21(22,23)24/h2-10H,11-12H2,1H3,(H,25,26,28). The molecule has 0 aliphatic rings. The minimum absolute atomic E-state index is 0.0302. The van der Waals surface area contributed by atoms with Gasteiger partial charge in [-0.15, -0.1) is 0 Å². The van der Waals surface area contributed by atoms with Crippen LogP contribution in [0.5, 0.6) is 0 Å². The summed E-state index contributed by atoms with van der Waals surface area (Å²) in [6.07, 6.45) is -4.57. The molecule has 1 amide bonds. The van der Waals surface area contributed by atoms with Gasteiger partial charge in [-0.3, -0.25) is 14.9 Å². The van der Waals surface area contributed by atoms with Gasteiger partial charge in [0.2, 0.25) is 0 Å². The Balaban J connectivity index is 1.69. The van der Waals surface area contributed by atoms with E-state index in [1.165, 1.54) is 18.2 Å². The number of amides is 1. The van der Waals surface area contributed by atoms with Crippen molar-refractivity contribution in [2.45, 2.75) is 25.9 Å². The highest BCUT2D eigenvalue weighted by Crippen LogP contribution is 2.33. The van der Waals surface area contributed by atoms with Crippen LogP contribution in [0.15, 0.2) is 54.6 Å². The molecule has 2 aromatic carbocycles. The molecule has 29 heavy (non-hydrogen) atoms. The fourth-order valence-electron chi connectivity index (χ4n) is 2.84. The number of hydrogen-bond acceptors (Lipinski definition) is 4. The Labute approximate surface area is 169 Å². The van der Waals surface area contributed by atoms with Gasteiger partial charge < -0.3 is 0 Å². The molecule has 1 N–H and O–H groups in total. The predicted molar refractivity (Wildman–Crippen MR) is 105 cm³/mol. The Bertz CT molecular complexity index is 1030. The van der Waals surface area contributed by atoms with Crippen LogP contribution in [0.3, 0.4) is 0 Å². The normalized spacial score (nSPS) is 11.3. The van der Waals surface area contributed by atoms with Gasteiger partial charge in [-0.05, 0) is 37.1 Å². The summed E-state index contributed by atoms with van der Waals surface area (Å²) < 4.78 is 39.3. The van der Waals surface area contributed by atoms with E-state index in [9.17, 15) is 22.8 Å². The van der Waals surface area contributed by atoms with Crippen molar-refractivity contribution in [3.05, 3.63) is 81.9 Å². The first-order valence-electron chi connectivity index (χ1n) is 8.78. The number of halogens is 3. The molecule has 4 nitrogen and oxygen atoms in total. The number of Topliss-reactive ketones (excluding diaryl/α,β-unsaturated/α-hetero) is 1. The van der Waals surface area contributed by atoms with Gasteiger partial charge in [-0.1, -0.05) is 47.7 Å². The lowest BCUT2D eigenvalue weighted by atomic mass is 10.0. The molecule has 0 spiro atoms. The molecular formula is C21H17F3N2O2S. The van der Waals surface area contributed by atoms with Gasteiger partial charge in [0.05, 0.1) is 16.1 Å². The van der Waals surface area contributed by atoms with Gasteiger partial charge in [0.15, 0.2) is 10.9 Å². The maximum Gasteiger partial charge on any atom is 0.416 e.